The van der Waals surface area contributed by atoms with Gasteiger partial charge in [0.15, 0.2) is 5.65 Å². The van der Waals surface area contributed by atoms with Crippen LogP contribution in [0.4, 0.5) is 5.82 Å². The summed E-state index contributed by atoms with van der Waals surface area (Å²) in [5.74, 6) is 1.64. The molecule has 0 radical (unpaired) electrons. The number of aromatic nitrogens is 5. The zero-order valence-electron chi connectivity index (χ0n) is 16.8. The van der Waals surface area contributed by atoms with Crippen molar-refractivity contribution >= 4 is 11.5 Å². The van der Waals surface area contributed by atoms with E-state index in [9.17, 15) is 0 Å². The molecule has 1 aliphatic carbocycles. The van der Waals surface area contributed by atoms with Gasteiger partial charge >= 0.3 is 0 Å². The highest BCUT2D eigenvalue weighted by Gasteiger charge is 2.45. The lowest BCUT2D eigenvalue weighted by molar-refractivity contribution is 0.141. The van der Waals surface area contributed by atoms with Crippen molar-refractivity contribution in [1.29, 1.82) is 0 Å². The molecule has 0 bridgehead atoms. The SMILES string of the molecule is Cc1oncc1-c1ccc2ncc(-c3cccc(NC4CC5(CCNC5)C4)n3)n2n1. The summed E-state index contributed by atoms with van der Waals surface area (Å²) in [7, 11) is 0. The monoisotopic (exact) mass is 401 g/mol. The fraction of sp³-hybridized carbons (Fsp3) is 0.364. The average molecular weight is 401 g/mol. The van der Waals surface area contributed by atoms with Crippen molar-refractivity contribution in [2.45, 2.75) is 32.2 Å². The molecule has 1 aliphatic heterocycles. The van der Waals surface area contributed by atoms with Gasteiger partial charge in [0, 0.05) is 12.6 Å². The Bertz CT molecular complexity index is 1210. The molecule has 30 heavy (non-hydrogen) atoms. The Balaban J connectivity index is 1.29. The van der Waals surface area contributed by atoms with Gasteiger partial charge in [-0.3, -0.25) is 0 Å². The number of pyridine rings is 1. The molecule has 1 saturated carbocycles. The number of fused-ring (bicyclic) bond motifs is 1. The molecule has 0 unspecified atom stereocenters. The van der Waals surface area contributed by atoms with Crippen LogP contribution in [-0.4, -0.2) is 43.9 Å². The van der Waals surface area contributed by atoms with Crippen LogP contribution in [0.1, 0.15) is 25.0 Å². The molecule has 0 atom stereocenters. The number of imidazole rings is 1. The molecule has 6 rings (SSSR count). The van der Waals surface area contributed by atoms with Crippen LogP contribution < -0.4 is 10.6 Å². The first kappa shape index (κ1) is 17.6. The molecule has 1 spiro atoms. The van der Waals surface area contributed by atoms with Gasteiger partial charge in [-0.05, 0) is 62.4 Å². The van der Waals surface area contributed by atoms with Gasteiger partial charge in [-0.15, -0.1) is 0 Å². The molecule has 4 aromatic rings. The molecule has 2 fully saturated rings. The Morgan fingerprint density at radius 3 is 2.90 bits per heavy atom. The van der Waals surface area contributed by atoms with Crippen LogP contribution in [0, 0.1) is 12.3 Å². The summed E-state index contributed by atoms with van der Waals surface area (Å²) in [6.07, 6.45) is 7.23. The Kier molecular flexibility index (Phi) is 3.89. The lowest BCUT2D eigenvalue weighted by Crippen LogP contribution is -2.46. The van der Waals surface area contributed by atoms with Crippen molar-refractivity contribution in [2.24, 2.45) is 5.41 Å². The third-order valence-corrected chi connectivity index (χ3v) is 6.44. The Labute approximate surface area is 173 Å². The highest BCUT2D eigenvalue weighted by molar-refractivity contribution is 5.65. The van der Waals surface area contributed by atoms with Gasteiger partial charge in [0.2, 0.25) is 0 Å². The molecule has 4 aromatic heterocycles. The Morgan fingerprint density at radius 2 is 2.10 bits per heavy atom. The van der Waals surface area contributed by atoms with Crippen molar-refractivity contribution in [3.63, 3.8) is 0 Å². The smallest absolute Gasteiger partial charge is 0.154 e. The number of rotatable bonds is 4. The summed E-state index contributed by atoms with van der Waals surface area (Å²) in [4.78, 5) is 9.35. The first-order valence-corrected chi connectivity index (χ1v) is 10.4. The number of aryl methyl sites for hydroxylation is 1. The molecule has 152 valence electrons. The van der Waals surface area contributed by atoms with Crippen molar-refractivity contribution < 1.29 is 4.52 Å². The maximum absolute atomic E-state index is 5.19. The molecule has 1 saturated heterocycles. The molecule has 2 N–H and O–H groups in total. The van der Waals surface area contributed by atoms with Crippen molar-refractivity contribution in [2.75, 3.05) is 18.4 Å². The van der Waals surface area contributed by atoms with E-state index < -0.39 is 0 Å². The molecule has 2 aliphatic rings. The molecule has 8 heteroatoms. The van der Waals surface area contributed by atoms with Crippen LogP contribution in [0.15, 0.2) is 47.2 Å². The van der Waals surface area contributed by atoms with Crippen LogP contribution >= 0.6 is 0 Å². The summed E-state index contributed by atoms with van der Waals surface area (Å²) in [6, 6.07) is 10.4. The zero-order valence-corrected chi connectivity index (χ0v) is 16.8. The van der Waals surface area contributed by atoms with Gasteiger partial charge in [-0.2, -0.15) is 5.10 Å². The minimum Gasteiger partial charge on any atom is -0.367 e. The van der Waals surface area contributed by atoms with E-state index >= 15 is 0 Å². The Hall–Kier alpha value is -3.26. The number of hydrogen-bond acceptors (Lipinski definition) is 7. The quantitative estimate of drug-likeness (QED) is 0.542. The number of nitrogens with zero attached hydrogens (tertiary/aromatic N) is 5. The molecule has 8 nitrogen and oxygen atoms in total. The van der Waals surface area contributed by atoms with Crippen molar-refractivity contribution in [1.82, 2.24) is 30.1 Å². The van der Waals surface area contributed by atoms with E-state index in [-0.39, 0.29) is 0 Å². The summed E-state index contributed by atoms with van der Waals surface area (Å²) < 4.78 is 7.02. The van der Waals surface area contributed by atoms with Gasteiger partial charge in [0.1, 0.15) is 17.3 Å². The van der Waals surface area contributed by atoms with Crippen LogP contribution in [-0.2, 0) is 0 Å². The predicted octanol–water partition coefficient (Wildman–Crippen LogP) is 3.31. The first-order chi connectivity index (χ1) is 14.7. The Morgan fingerprint density at radius 1 is 1.17 bits per heavy atom. The minimum atomic E-state index is 0.496. The predicted molar refractivity (Wildman–Crippen MR) is 113 cm³/mol. The fourth-order valence-corrected chi connectivity index (χ4v) is 4.83. The molecule has 0 amide bonds. The number of nitrogens with one attached hydrogen (secondary N) is 2. The van der Waals surface area contributed by atoms with Crippen LogP contribution in [0.3, 0.4) is 0 Å². The number of anilines is 1. The normalized spacial score (nSPS) is 23.2. The van der Waals surface area contributed by atoms with E-state index in [0.717, 1.165) is 53.0 Å². The highest BCUT2D eigenvalue weighted by Crippen LogP contribution is 2.46. The maximum atomic E-state index is 5.19. The van der Waals surface area contributed by atoms with Crippen LogP contribution in [0.2, 0.25) is 0 Å². The van der Waals surface area contributed by atoms with Crippen molar-refractivity contribution in [3.8, 4) is 22.6 Å². The number of hydrogen-bond donors (Lipinski definition) is 2. The lowest BCUT2D eigenvalue weighted by atomic mass is 9.65. The van der Waals surface area contributed by atoms with E-state index in [1.54, 1.807) is 6.20 Å². The largest absolute Gasteiger partial charge is 0.367 e. The molecular formula is C22H23N7O. The highest BCUT2D eigenvalue weighted by atomic mass is 16.5. The van der Waals surface area contributed by atoms with Gasteiger partial charge in [0.05, 0.1) is 29.3 Å². The summed E-state index contributed by atoms with van der Waals surface area (Å²) in [6.45, 7) is 4.18. The standard InChI is InChI=1S/C22H23N7O/c1-14-16(11-25-30-14)17-5-6-21-24-12-19(29(21)28-17)18-3-2-4-20(27-18)26-15-9-22(10-15)7-8-23-13-22/h2-6,11-12,15,23H,7-10,13H2,1H3,(H,26,27). The van der Waals surface area contributed by atoms with E-state index in [1.807, 2.05) is 48.0 Å². The zero-order chi connectivity index (χ0) is 20.1. The fourth-order valence-electron chi connectivity index (χ4n) is 4.83. The summed E-state index contributed by atoms with van der Waals surface area (Å²) in [5, 5.41) is 15.7. The summed E-state index contributed by atoms with van der Waals surface area (Å²) >= 11 is 0. The second-order valence-electron chi connectivity index (χ2n) is 8.51. The molecule has 0 aromatic carbocycles. The second kappa shape index (κ2) is 6.63. The molecular weight excluding hydrogens is 378 g/mol. The second-order valence-corrected chi connectivity index (χ2v) is 8.51. The maximum Gasteiger partial charge on any atom is 0.154 e. The van der Waals surface area contributed by atoms with Crippen molar-refractivity contribution in [3.05, 3.63) is 48.5 Å². The van der Waals surface area contributed by atoms with E-state index in [1.165, 1.54) is 19.3 Å². The van der Waals surface area contributed by atoms with Gasteiger partial charge in [-0.1, -0.05) is 11.2 Å². The third-order valence-electron chi connectivity index (χ3n) is 6.44. The minimum absolute atomic E-state index is 0.496. The molecule has 5 heterocycles. The first-order valence-electron chi connectivity index (χ1n) is 10.4. The van der Waals surface area contributed by atoms with E-state index in [0.29, 0.717) is 11.5 Å². The van der Waals surface area contributed by atoms with E-state index in [2.05, 4.69) is 20.8 Å². The van der Waals surface area contributed by atoms with E-state index in [4.69, 9.17) is 14.6 Å². The average Bonchev–Trinajstić information content (AvgIpc) is 3.46. The van der Waals surface area contributed by atoms with Gasteiger partial charge in [-0.25, -0.2) is 14.5 Å². The van der Waals surface area contributed by atoms with Crippen LogP contribution in [0.25, 0.3) is 28.3 Å². The van der Waals surface area contributed by atoms with Crippen LogP contribution in [0.5, 0.6) is 0 Å². The third kappa shape index (κ3) is 2.87. The summed E-state index contributed by atoms with van der Waals surface area (Å²) in [5.41, 5.74) is 4.65. The van der Waals surface area contributed by atoms with Gasteiger partial charge in [0.25, 0.3) is 0 Å². The van der Waals surface area contributed by atoms with Gasteiger partial charge < -0.3 is 15.2 Å². The lowest BCUT2D eigenvalue weighted by Gasteiger charge is -2.45. The topological polar surface area (TPSA) is 93.2 Å².